The molecule has 0 spiro atoms. The number of carbonyl (C=O) groups is 1. The van der Waals surface area contributed by atoms with E-state index in [1.54, 1.807) is 27.0 Å². The van der Waals surface area contributed by atoms with Gasteiger partial charge in [0.15, 0.2) is 0 Å². The normalized spacial score (nSPS) is 18.4. The molecule has 1 aromatic carbocycles. The van der Waals surface area contributed by atoms with Crippen molar-refractivity contribution in [1.29, 1.82) is 0 Å². The summed E-state index contributed by atoms with van der Waals surface area (Å²) in [6, 6.07) is 4.51. The fourth-order valence-electron chi connectivity index (χ4n) is 2.13. The maximum atomic E-state index is 12.0. The zero-order chi connectivity index (χ0) is 13.0. The number of anilines is 1. The lowest BCUT2D eigenvalue weighted by molar-refractivity contribution is -0.121. The highest BCUT2D eigenvalue weighted by atomic mass is 32.2. The Morgan fingerprint density at radius 1 is 1.29 bits per heavy atom. The van der Waals surface area contributed by atoms with E-state index in [9.17, 15) is 13.2 Å². The molecule has 2 rings (SSSR count). The second-order valence-electron chi connectivity index (χ2n) is 4.71. The first-order valence-electron chi connectivity index (χ1n) is 5.11. The van der Waals surface area contributed by atoms with Crippen molar-refractivity contribution in [3.8, 4) is 0 Å². The molecule has 1 aliphatic rings. The Morgan fingerprint density at radius 3 is 2.41 bits per heavy atom. The van der Waals surface area contributed by atoms with Gasteiger partial charge in [0.25, 0.3) is 0 Å². The molecule has 0 saturated carbocycles. The molecule has 0 radical (unpaired) electrons. The van der Waals surface area contributed by atoms with Crippen molar-refractivity contribution < 1.29 is 13.2 Å². The third kappa shape index (κ3) is 1.64. The fourth-order valence-corrected chi connectivity index (χ4v) is 2.67. The minimum absolute atomic E-state index is 0.0347. The summed E-state index contributed by atoms with van der Waals surface area (Å²) in [5.74, 6) is -0.0564. The molecule has 0 atom stereocenters. The summed E-state index contributed by atoms with van der Waals surface area (Å²) in [6.45, 7) is 3.54. The second-order valence-corrected chi connectivity index (χ2v) is 6.27. The Morgan fingerprint density at radius 2 is 1.88 bits per heavy atom. The molecule has 17 heavy (non-hydrogen) atoms. The molecule has 1 heterocycles. The number of rotatable bonds is 1. The number of nitrogens with two attached hydrogens (primary N) is 1. The molecule has 0 fully saturated rings. The number of sulfonamides is 1. The standard InChI is InChI=1S/C11H14N2O3S/c1-11(2)8-6-7(17(12,15)16)4-5-9(8)13(3)10(11)14/h4-6H,1-3H3,(H2,12,15,16). The molecule has 0 aromatic heterocycles. The van der Waals surface area contributed by atoms with Crippen LogP contribution in [0.15, 0.2) is 23.1 Å². The summed E-state index contributed by atoms with van der Waals surface area (Å²) in [6.07, 6.45) is 0. The molecule has 2 N–H and O–H groups in total. The smallest absolute Gasteiger partial charge is 0.238 e. The van der Waals surface area contributed by atoms with Crippen molar-refractivity contribution in [2.45, 2.75) is 24.2 Å². The molecule has 0 saturated heterocycles. The van der Waals surface area contributed by atoms with Crippen LogP contribution >= 0.6 is 0 Å². The third-order valence-electron chi connectivity index (χ3n) is 3.17. The lowest BCUT2D eigenvalue weighted by Gasteiger charge is -2.16. The van der Waals surface area contributed by atoms with Crippen molar-refractivity contribution in [2.75, 3.05) is 11.9 Å². The van der Waals surface area contributed by atoms with Gasteiger partial charge in [-0.15, -0.1) is 0 Å². The highest BCUT2D eigenvalue weighted by Gasteiger charge is 2.42. The summed E-state index contributed by atoms with van der Waals surface area (Å²) in [5, 5.41) is 5.08. The molecule has 1 aromatic rings. The lowest BCUT2D eigenvalue weighted by atomic mass is 9.86. The fraction of sp³-hybridized carbons (Fsp3) is 0.364. The van der Waals surface area contributed by atoms with Crippen LogP contribution in [0.4, 0.5) is 5.69 Å². The van der Waals surface area contributed by atoms with E-state index in [0.717, 1.165) is 5.69 Å². The number of hydrogen-bond donors (Lipinski definition) is 1. The van der Waals surface area contributed by atoms with Crippen LogP contribution in [0.1, 0.15) is 19.4 Å². The summed E-state index contributed by atoms with van der Waals surface area (Å²) in [7, 11) is -2.07. The first kappa shape index (κ1) is 12.1. The minimum Gasteiger partial charge on any atom is -0.314 e. The zero-order valence-corrected chi connectivity index (χ0v) is 10.7. The van der Waals surface area contributed by atoms with E-state index in [1.165, 1.54) is 17.0 Å². The van der Waals surface area contributed by atoms with Gasteiger partial charge >= 0.3 is 0 Å². The molecular formula is C11H14N2O3S. The van der Waals surface area contributed by atoms with E-state index < -0.39 is 15.4 Å². The van der Waals surface area contributed by atoms with Crippen LogP contribution in [-0.4, -0.2) is 21.4 Å². The van der Waals surface area contributed by atoms with Gasteiger partial charge < -0.3 is 4.90 Å². The Bertz CT molecular complexity index is 605. The number of hydrogen-bond acceptors (Lipinski definition) is 3. The predicted octanol–water partition coefficient (Wildman–Crippen LogP) is 0.588. The number of likely N-dealkylation sites (N-methyl/N-ethyl adjacent to an activating group) is 1. The van der Waals surface area contributed by atoms with Gasteiger partial charge in [-0.1, -0.05) is 0 Å². The van der Waals surface area contributed by atoms with Crippen LogP contribution in [0.3, 0.4) is 0 Å². The number of primary sulfonamides is 1. The van der Waals surface area contributed by atoms with Crippen LogP contribution in [0.2, 0.25) is 0 Å². The van der Waals surface area contributed by atoms with E-state index in [4.69, 9.17) is 5.14 Å². The molecule has 92 valence electrons. The zero-order valence-electron chi connectivity index (χ0n) is 9.89. The van der Waals surface area contributed by atoms with Crippen molar-refractivity contribution in [2.24, 2.45) is 5.14 Å². The van der Waals surface area contributed by atoms with E-state index >= 15 is 0 Å². The Kier molecular flexibility index (Phi) is 2.34. The van der Waals surface area contributed by atoms with E-state index in [0.29, 0.717) is 5.56 Å². The van der Waals surface area contributed by atoms with Crippen molar-refractivity contribution in [1.82, 2.24) is 0 Å². The largest absolute Gasteiger partial charge is 0.314 e. The van der Waals surface area contributed by atoms with Gasteiger partial charge in [0, 0.05) is 12.7 Å². The number of fused-ring (bicyclic) bond motifs is 1. The van der Waals surface area contributed by atoms with Crippen molar-refractivity contribution >= 4 is 21.6 Å². The molecule has 5 nitrogen and oxygen atoms in total. The first-order chi connectivity index (χ1) is 7.65. The Balaban J connectivity index is 2.71. The van der Waals surface area contributed by atoms with Gasteiger partial charge in [0.05, 0.1) is 10.3 Å². The van der Waals surface area contributed by atoms with Gasteiger partial charge in [-0.05, 0) is 37.6 Å². The van der Waals surface area contributed by atoms with E-state index in [1.807, 2.05) is 0 Å². The Hall–Kier alpha value is -1.40. The molecule has 0 unspecified atom stereocenters. The average molecular weight is 254 g/mol. The second kappa shape index (κ2) is 3.30. The quantitative estimate of drug-likeness (QED) is 0.796. The van der Waals surface area contributed by atoms with Crippen LogP contribution < -0.4 is 10.0 Å². The van der Waals surface area contributed by atoms with Gasteiger partial charge in [0.2, 0.25) is 15.9 Å². The Labute approximate surface area is 100 Å². The molecular weight excluding hydrogens is 240 g/mol. The van der Waals surface area contributed by atoms with Crippen molar-refractivity contribution in [3.63, 3.8) is 0 Å². The van der Waals surface area contributed by atoms with Gasteiger partial charge in [-0.2, -0.15) is 0 Å². The highest BCUT2D eigenvalue weighted by Crippen LogP contribution is 2.41. The maximum absolute atomic E-state index is 12.0. The van der Waals surface area contributed by atoms with Crippen LogP contribution in [0.25, 0.3) is 0 Å². The average Bonchev–Trinajstić information content (AvgIpc) is 2.39. The first-order valence-corrected chi connectivity index (χ1v) is 6.66. The molecule has 0 bridgehead atoms. The summed E-state index contributed by atoms with van der Waals surface area (Å²) >= 11 is 0. The molecule has 6 heteroatoms. The topological polar surface area (TPSA) is 80.5 Å². The minimum atomic E-state index is -3.74. The number of amides is 1. The van der Waals surface area contributed by atoms with Gasteiger partial charge in [-0.25, -0.2) is 13.6 Å². The maximum Gasteiger partial charge on any atom is 0.238 e. The SMILES string of the molecule is CN1C(=O)C(C)(C)c2cc(S(N)(=O)=O)ccc21. The van der Waals surface area contributed by atoms with E-state index in [2.05, 4.69) is 0 Å². The summed E-state index contributed by atoms with van der Waals surface area (Å²) in [5.41, 5.74) is 0.703. The highest BCUT2D eigenvalue weighted by molar-refractivity contribution is 7.89. The van der Waals surface area contributed by atoms with Gasteiger partial charge in [-0.3, -0.25) is 4.79 Å². The number of benzene rings is 1. The van der Waals surface area contributed by atoms with Crippen LogP contribution in [0, 0.1) is 0 Å². The molecule has 1 aliphatic heterocycles. The summed E-state index contributed by atoms with van der Waals surface area (Å²) < 4.78 is 22.6. The van der Waals surface area contributed by atoms with Crippen molar-refractivity contribution in [3.05, 3.63) is 23.8 Å². The summed E-state index contributed by atoms with van der Waals surface area (Å²) in [4.78, 5) is 13.6. The van der Waals surface area contributed by atoms with Crippen LogP contribution in [0.5, 0.6) is 0 Å². The number of nitrogens with zero attached hydrogens (tertiary/aromatic N) is 1. The monoisotopic (exact) mass is 254 g/mol. The third-order valence-corrected chi connectivity index (χ3v) is 4.08. The van der Waals surface area contributed by atoms with E-state index in [-0.39, 0.29) is 10.8 Å². The lowest BCUT2D eigenvalue weighted by Crippen LogP contribution is -2.33. The van der Waals surface area contributed by atoms with Gasteiger partial charge in [0.1, 0.15) is 0 Å². The van der Waals surface area contributed by atoms with Crippen LogP contribution in [-0.2, 0) is 20.2 Å². The molecule has 1 amide bonds. The molecule has 0 aliphatic carbocycles. The predicted molar refractivity (Wildman–Crippen MR) is 64.3 cm³/mol. The number of carbonyl (C=O) groups excluding carboxylic acids is 1.